The van der Waals surface area contributed by atoms with Crippen LogP contribution in [0.4, 0.5) is 10.1 Å². The molecule has 0 fully saturated rings. The van der Waals surface area contributed by atoms with Gasteiger partial charge >= 0.3 is 0 Å². The van der Waals surface area contributed by atoms with E-state index in [0.29, 0.717) is 6.54 Å². The van der Waals surface area contributed by atoms with Gasteiger partial charge in [0.2, 0.25) is 0 Å². The number of carbonyl (C=O) groups excluding carboxylic acids is 2. The predicted octanol–water partition coefficient (Wildman–Crippen LogP) is 0.820. The highest BCUT2D eigenvalue weighted by Crippen LogP contribution is 2.14. The third-order valence-corrected chi connectivity index (χ3v) is 2.18. The monoisotopic (exact) mass is 220 g/mol. The van der Waals surface area contributed by atoms with Crippen LogP contribution in [0, 0.1) is 5.82 Å². The van der Waals surface area contributed by atoms with Crippen molar-refractivity contribution in [3.8, 4) is 0 Å². The zero-order valence-corrected chi connectivity index (χ0v) is 8.29. The minimum atomic E-state index is -0.597. The molecule has 4 nitrogen and oxygen atoms in total. The minimum absolute atomic E-state index is 0.0169. The van der Waals surface area contributed by atoms with E-state index in [1.54, 1.807) is 6.07 Å². The number of para-hydroxylation sites is 1. The zero-order valence-electron chi connectivity index (χ0n) is 8.29. The predicted molar refractivity (Wildman–Crippen MR) is 56.1 cm³/mol. The van der Waals surface area contributed by atoms with E-state index < -0.39 is 17.6 Å². The fourth-order valence-electron chi connectivity index (χ4n) is 1.38. The Hall–Kier alpha value is -2.17. The van der Waals surface area contributed by atoms with E-state index in [2.05, 4.69) is 10.6 Å². The Morgan fingerprint density at radius 3 is 2.75 bits per heavy atom. The van der Waals surface area contributed by atoms with Crippen molar-refractivity contribution in [3.63, 3.8) is 0 Å². The molecular formula is C11H9FN2O2. The zero-order chi connectivity index (χ0) is 11.5. The normalized spacial score (nSPS) is 14.3. The maximum Gasteiger partial charge on any atom is 0.261 e. The quantitative estimate of drug-likeness (QED) is 0.725. The van der Waals surface area contributed by atoms with Gasteiger partial charge in [-0.05, 0) is 18.2 Å². The second kappa shape index (κ2) is 4.14. The summed E-state index contributed by atoms with van der Waals surface area (Å²) in [4.78, 5) is 22.7. The molecule has 0 aliphatic carbocycles. The van der Waals surface area contributed by atoms with Crippen LogP contribution < -0.4 is 10.6 Å². The van der Waals surface area contributed by atoms with Crippen LogP contribution in [0.15, 0.2) is 35.9 Å². The molecule has 1 aliphatic heterocycles. The largest absolute Gasteiger partial charge is 0.348 e. The SMILES string of the molecule is O=C1NCC=C1C(=O)Nc1ccccc1F. The molecule has 5 heteroatoms. The summed E-state index contributed by atoms with van der Waals surface area (Å²) in [6, 6.07) is 5.79. The van der Waals surface area contributed by atoms with Crippen molar-refractivity contribution in [1.29, 1.82) is 0 Å². The number of rotatable bonds is 2. The van der Waals surface area contributed by atoms with Crippen molar-refractivity contribution >= 4 is 17.5 Å². The summed E-state index contributed by atoms with van der Waals surface area (Å²) in [6.45, 7) is 0.332. The molecule has 1 aliphatic rings. The van der Waals surface area contributed by atoms with E-state index in [-0.39, 0.29) is 11.3 Å². The lowest BCUT2D eigenvalue weighted by Crippen LogP contribution is -2.25. The first-order chi connectivity index (χ1) is 7.68. The van der Waals surface area contributed by atoms with E-state index in [0.717, 1.165) is 0 Å². The molecule has 0 bridgehead atoms. The van der Waals surface area contributed by atoms with Gasteiger partial charge in [-0.3, -0.25) is 9.59 Å². The second-order valence-corrected chi connectivity index (χ2v) is 3.26. The lowest BCUT2D eigenvalue weighted by Gasteiger charge is -2.05. The Morgan fingerprint density at radius 2 is 2.12 bits per heavy atom. The number of benzene rings is 1. The van der Waals surface area contributed by atoms with Gasteiger partial charge in [-0.1, -0.05) is 12.1 Å². The number of carbonyl (C=O) groups is 2. The molecule has 0 saturated heterocycles. The van der Waals surface area contributed by atoms with Crippen LogP contribution in [0.3, 0.4) is 0 Å². The molecule has 1 aromatic carbocycles. The van der Waals surface area contributed by atoms with E-state index >= 15 is 0 Å². The summed E-state index contributed by atoms with van der Waals surface area (Å²) in [5.74, 6) is -1.57. The number of hydrogen-bond acceptors (Lipinski definition) is 2. The number of amides is 2. The molecule has 0 atom stereocenters. The van der Waals surface area contributed by atoms with Crippen LogP contribution in [0.25, 0.3) is 0 Å². The van der Waals surface area contributed by atoms with Crippen molar-refractivity contribution in [2.24, 2.45) is 0 Å². The van der Waals surface area contributed by atoms with Gasteiger partial charge in [0.05, 0.1) is 5.69 Å². The molecule has 16 heavy (non-hydrogen) atoms. The summed E-state index contributed by atoms with van der Waals surface area (Å²) in [5.41, 5.74) is 0.0800. The van der Waals surface area contributed by atoms with Crippen LogP contribution in [-0.4, -0.2) is 18.4 Å². The Labute approximate surface area is 91.1 Å². The van der Waals surface area contributed by atoms with E-state index in [1.807, 2.05) is 0 Å². The average Bonchev–Trinajstić information content (AvgIpc) is 2.68. The van der Waals surface area contributed by atoms with Crippen LogP contribution in [0.2, 0.25) is 0 Å². The highest BCUT2D eigenvalue weighted by atomic mass is 19.1. The van der Waals surface area contributed by atoms with Crippen LogP contribution in [0.5, 0.6) is 0 Å². The number of nitrogens with one attached hydrogen (secondary N) is 2. The van der Waals surface area contributed by atoms with Gasteiger partial charge in [0, 0.05) is 6.54 Å². The Morgan fingerprint density at radius 1 is 1.38 bits per heavy atom. The molecule has 0 radical (unpaired) electrons. The molecule has 0 spiro atoms. The fourth-order valence-corrected chi connectivity index (χ4v) is 1.38. The van der Waals surface area contributed by atoms with Crippen LogP contribution in [0.1, 0.15) is 0 Å². The summed E-state index contributed by atoms with van der Waals surface area (Å²) in [5, 5.41) is 4.80. The summed E-state index contributed by atoms with van der Waals surface area (Å²) in [7, 11) is 0. The molecule has 2 rings (SSSR count). The van der Waals surface area contributed by atoms with Gasteiger partial charge in [0.15, 0.2) is 0 Å². The molecule has 2 amide bonds. The van der Waals surface area contributed by atoms with Gasteiger partial charge in [0.1, 0.15) is 11.4 Å². The van der Waals surface area contributed by atoms with Crippen molar-refractivity contribution in [2.75, 3.05) is 11.9 Å². The lowest BCUT2D eigenvalue weighted by atomic mass is 10.2. The maximum atomic E-state index is 13.2. The first kappa shape index (κ1) is 10.4. The Balaban J connectivity index is 2.14. The first-order valence-corrected chi connectivity index (χ1v) is 4.73. The molecule has 0 saturated carbocycles. The topological polar surface area (TPSA) is 58.2 Å². The van der Waals surface area contributed by atoms with Gasteiger partial charge in [-0.15, -0.1) is 0 Å². The van der Waals surface area contributed by atoms with Gasteiger partial charge in [-0.25, -0.2) is 4.39 Å². The maximum absolute atomic E-state index is 13.2. The van der Waals surface area contributed by atoms with E-state index in [9.17, 15) is 14.0 Å². The molecule has 82 valence electrons. The number of halogens is 1. The van der Waals surface area contributed by atoms with Crippen LogP contribution in [-0.2, 0) is 9.59 Å². The molecular weight excluding hydrogens is 211 g/mol. The minimum Gasteiger partial charge on any atom is -0.348 e. The lowest BCUT2D eigenvalue weighted by molar-refractivity contribution is -0.120. The van der Waals surface area contributed by atoms with E-state index in [1.165, 1.54) is 24.3 Å². The molecule has 0 aromatic heterocycles. The van der Waals surface area contributed by atoms with Crippen molar-refractivity contribution in [3.05, 3.63) is 41.7 Å². The summed E-state index contributed by atoms with van der Waals surface area (Å²) >= 11 is 0. The molecule has 1 heterocycles. The van der Waals surface area contributed by atoms with Crippen LogP contribution >= 0.6 is 0 Å². The Kier molecular flexibility index (Phi) is 2.68. The molecule has 2 N–H and O–H groups in total. The summed E-state index contributed by atoms with van der Waals surface area (Å²) in [6.07, 6.45) is 1.47. The van der Waals surface area contributed by atoms with Gasteiger partial charge in [0.25, 0.3) is 11.8 Å². The number of anilines is 1. The highest BCUT2D eigenvalue weighted by Gasteiger charge is 2.22. The first-order valence-electron chi connectivity index (χ1n) is 4.73. The van der Waals surface area contributed by atoms with Crippen molar-refractivity contribution < 1.29 is 14.0 Å². The van der Waals surface area contributed by atoms with Crippen molar-refractivity contribution in [1.82, 2.24) is 5.32 Å². The number of hydrogen-bond donors (Lipinski definition) is 2. The standard InChI is InChI=1S/C11H9FN2O2/c12-8-3-1-2-4-9(8)14-11(16)7-5-6-13-10(7)15/h1-5H,6H2,(H,13,15)(H,14,16). The molecule has 0 unspecified atom stereocenters. The van der Waals surface area contributed by atoms with Gasteiger partial charge in [-0.2, -0.15) is 0 Å². The van der Waals surface area contributed by atoms with Crippen molar-refractivity contribution in [2.45, 2.75) is 0 Å². The van der Waals surface area contributed by atoms with E-state index in [4.69, 9.17) is 0 Å². The van der Waals surface area contributed by atoms with Gasteiger partial charge < -0.3 is 10.6 Å². The smallest absolute Gasteiger partial charge is 0.261 e. The highest BCUT2D eigenvalue weighted by molar-refractivity contribution is 6.23. The third-order valence-electron chi connectivity index (χ3n) is 2.18. The fraction of sp³-hybridized carbons (Fsp3) is 0.0909. The average molecular weight is 220 g/mol. The second-order valence-electron chi connectivity index (χ2n) is 3.26. The summed E-state index contributed by atoms with van der Waals surface area (Å²) < 4.78 is 13.2. The molecule has 1 aromatic rings. The third kappa shape index (κ3) is 1.93. The Bertz CT molecular complexity index is 483.